The van der Waals surface area contributed by atoms with E-state index in [1.54, 1.807) is 0 Å². The lowest BCUT2D eigenvalue weighted by molar-refractivity contribution is -0.116. The minimum absolute atomic E-state index is 0.104. The summed E-state index contributed by atoms with van der Waals surface area (Å²) in [5.74, 6) is -0.104. The third kappa shape index (κ3) is 4.21. The van der Waals surface area contributed by atoms with E-state index in [1.165, 1.54) is 17.2 Å². The van der Waals surface area contributed by atoms with Crippen molar-refractivity contribution in [2.24, 2.45) is 0 Å². The van der Waals surface area contributed by atoms with Crippen molar-refractivity contribution in [2.45, 2.75) is 31.8 Å². The number of ether oxygens (including phenoxy) is 1. The number of benzene rings is 1. The highest BCUT2D eigenvalue weighted by atomic mass is 16.5. The van der Waals surface area contributed by atoms with Gasteiger partial charge in [0.15, 0.2) is 0 Å². The van der Waals surface area contributed by atoms with Crippen LogP contribution in [0.4, 0.5) is 0 Å². The summed E-state index contributed by atoms with van der Waals surface area (Å²) in [7, 11) is 0. The number of nitrogens with one attached hydrogen (secondary N) is 1. The zero-order valence-electron chi connectivity index (χ0n) is 11.2. The Morgan fingerprint density at radius 2 is 2.00 bits per heavy atom. The van der Waals surface area contributed by atoms with Gasteiger partial charge in [0.25, 0.3) is 0 Å². The molecule has 3 nitrogen and oxygen atoms in total. The average molecular weight is 259 g/mol. The van der Waals surface area contributed by atoms with Crippen LogP contribution in [-0.4, -0.2) is 25.2 Å². The Kier molecular flexibility index (Phi) is 5.16. The monoisotopic (exact) mass is 259 g/mol. The Bertz CT molecular complexity index is 417. The van der Waals surface area contributed by atoms with Crippen molar-refractivity contribution in [2.75, 3.05) is 13.2 Å². The van der Waals surface area contributed by atoms with Crippen LogP contribution in [0.3, 0.4) is 0 Å². The quantitative estimate of drug-likeness (QED) is 0.602. The molecular formula is C16H21NO2. The molecular weight excluding hydrogens is 238 g/mol. The van der Waals surface area contributed by atoms with E-state index >= 15 is 0 Å². The molecule has 0 aromatic heterocycles. The van der Waals surface area contributed by atoms with E-state index < -0.39 is 0 Å². The molecule has 0 radical (unpaired) electrons. The summed E-state index contributed by atoms with van der Waals surface area (Å²) in [5.41, 5.74) is 2.84. The van der Waals surface area contributed by atoms with Gasteiger partial charge in [-0.25, -0.2) is 0 Å². The summed E-state index contributed by atoms with van der Waals surface area (Å²) in [6.45, 7) is 4.87. The highest BCUT2D eigenvalue weighted by Gasteiger charge is 2.20. The van der Waals surface area contributed by atoms with Crippen molar-refractivity contribution >= 4 is 5.91 Å². The Hall–Kier alpha value is -1.61. The summed E-state index contributed by atoms with van der Waals surface area (Å²) in [6.07, 6.45) is 5.61. The minimum Gasteiger partial charge on any atom is -0.378 e. The molecule has 1 aliphatic rings. The summed E-state index contributed by atoms with van der Waals surface area (Å²) in [6, 6.07) is 8.54. The molecule has 0 saturated carbocycles. The average Bonchev–Trinajstić information content (AvgIpc) is 2.84. The van der Waals surface area contributed by atoms with E-state index in [-0.39, 0.29) is 5.91 Å². The maximum Gasteiger partial charge on any atom is 0.243 e. The molecule has 0 heterocycles. The standard InChI is InChI=1S/C16H21NO2/c1-2-16(18)17-9-5-6-10-19-15-11-13-7-3-4-8-14(13)12-15/h2-4,7-8,15H,1,5-6,9-12H2,(H,17,18). The Labute approximate surface area is 114 Å². The molecule has 1 N–H and O–H groups in total. The van der Waals surface area contributed by atoms with E-state index in [0.717, 1.165) is 32.3 Å². The van der Waals surface area contributed by atoms with Crippen LogP contribution in [-0.2, 0) is 22.4 Å². The Balaban J connectivity index is 1.56. The number of carbonyl (C=O) groups is 1. The van der Waals surface area contributed by atoms with Gasteiger partial charge in [-0.2, -0.15) is 0 Å². The van der Waals surface area contributed by atoms with Gasteiger partial charge in [-0.3, -0.25) is 4.79 Å². The molecule has 1 amide bonds. The zero-order chi connectivity index (χ0) is 13.5. The van der Waals surface area contributed by atoms with Gasteiger partial charge in [-0.05, 0) is 42.9 Å². The van der Waals surface area contributed by atoms with Crippen LogP contribution in [0.25, 0.3) is 0 Å². The molecule has 19 heavy (non-hydrogen) atoms. The van der Waals surface area contributed by atoms with Crippen LogP contribution in [0.2, 0.25) is 0 Å². The molecule has 0 spiro atoms. The van der Waals surface area contributed by atoms with Gasteiger partial charge < -0.3 is 10.1 Å². The van der Waals surface area contributed by atoms with Gasteiger partial charge in [0.2, 0.25) is 5.91 Å². The van der Waals surface area contributed by atoms with Gasteiger partial charge in [0, 0.05) is 13.2 Å². The lowest BCUT2D eigenvalue weighted by Gasteiger charge is -2.11. The molecule has 0 atom stereocenters. The van der Waals surface area contributed by atoms with E-state index in [1.807, 2.05) is 0 Å². The molecule has 0 bridgehead atoms. The normalized spacial score (nSPS) is 14.1. The molecule has 0 aliphatic heterocycles. The van der Waals surface area contributed by atoms with Gasteiger partial charge in [-0.15, -0.1) is 0 Å². The lowest BCUT2D eigenvalue weighted by atomic mass is 10.1. The van der Waals surface area contributed by atoms with Crippen LogP contribution in [0, 0.1) is 0 Å². The number of amides is 1. The maximum absolute atomic E-state index is 10.9. The summed E-state index contributed by atoms with van der Waals surface area (Å²) < 4.78 is 5.89. The largest absolute Gasteiger partial charge is 0.378 e. The second kappa shape index (κ2) is 7.10. The van der Waals surface area contributed by atoms with Gasteiger partial charge >= 0.3 is 0 Å². The van der Waals surface area contributed by atoms with Crippen molar-refractivity contribution in [3.63, 3.8) is 0 Å². The van der Waals surface area contributed by atoms with Crippen molar-refractivity contribution in [3.8, 4) is 0 Å². The Morgan fingerprint density at radius 3 is 2.63 bits per heavy atom. The van der Waals surface area contributed by atoms with E-state index in [0.29, 0.717) is 12.6 Å². The summed E-state index contributed by atoms with van der Waals surface area (Å²) in [4.78, 5) is 10.9. The lowest BCUT2D eigenvalue weighted by Crippen LogP contribution is -2.22. The fraction of sp³-hybridized carbons (Fsp3) is 0.438. The van der Waals surface area contributed by atoms with Crippen LogP contribution in [0.5, 0.6) is 0 Å². The fourth-order valence-corrected chi connectivity index (χ4v) is 2.40. The third-order valence-corrected chi connectivity index (χ3v) is 3.42. The van der Waals surface area contributed by atoms with Gasteiger partial charge in [-0.1, -0.05) is 30.8 Å². The van der Waals surface area contributed by atoms with E-state index in [2.05, 4.69) is 36.2 Å². The highest BCUT2D eigenvalue weighted by Crippen LogP contribution is 2.23. The van der Waals surface area contributed by atoms with Crippen LogP contribution < -0.4 is 5.32 Å². The first-order valence-corrected chi connectivity index (χ1v) is 6.88. The maximum atomic E-state index is 10.9. The van der Waals surface area contributed by atoms with Crippen molar-refractivity contribution in [1.29, 1.82) is 0 Å². The molecule has 3 heteroatoms. The first kappa shape index (κ1) is 13.8. The number of carbonyl (C=O) groups excluding carboxylic acids is 1. The molecule has 0 unspecified atom stereocenters. The van der Waals surface area contributed by atoms with Crippen LogP contribution in [0.15, 0.2) is 36.9 Å². The van der Waals surface area contributed by atoms with Crippen molar-refractivity contribution in [1.82, 2.24) is 5.32 Å². The number of rotatable bonds is 7. The predicted molar refractivity (Wildman–Crippen MR) is 76.0 cm³/mol. The number of unbranched alkanes of at least 4 members (excludes halogenated alkanes) is 1. The molecule has 1 aliphatic carbocycles. The summed E-state index contributed by atoms with van der Waals surface area (Å²) in [5, 5.41) is 2.76. The van der Waals surface area contributed by atoms with Crippen molar-refractivity contribution < 1.29 is 9.53 Å². The van der Waals surface area contributed by atoms with E-state index in [4.69, 9.17) is 4.74 Å². The SMILES string of the molecule is C=CC(=O)NCCCCOC1Cc2ccccc2C1. The first-order valence-electron chi connectivity index (χ1n) is 6.88. The van der Waals surface area contributed by atoms with Crippen molar-refractivity contribution in [3.05, 3.63) is 48.0 Å². The van der Waals surface area contributed by atoms with Crippen LogP contribution in [0.1, 0.15) is 24.0 Å². The second-order valence-corrected chi connectivity index (χ2v) is 4.87. The smallest absolute Gasteiger partial charge is 0.243 e. The summed E-state index contributed by atoms with van der Waals surface area (Å²) >= 11 is 0. The Morgan fingerprint density at radius 1 is 1.32 bits per heavy atom. The minimum atomic E-state index is -0.104. The number of hydrogen-bond donors (Lipinski definition) is 1. The third-order valence-electron chi connectivity index (χ3n) is 3.42. The van der Waals surface area contributed by atoms with Gasteiger partial charge in [0.1, 0.15) is 0 Å². The van der Waals surface area contributed by atoms with E-state index in [9.17, 15) is 4.79 Å². The molecule has 102 valence electrons. The van der Waals surface area contributed by atoms with Crippen LogP contribution >= 0.6 is 0 Å². The predicted octanol–water partition coefficient (Wildman–Crippen LogP) is 2.25. The topological polar surface area (TPSA) is 38.3 Å². The fourth-order valence-electron chi connectivity index (χ4n) is 2.40. The molecule has 2 rings (SSSR count). The highest BCUT2D eigenvalue weighted by molar-refractivity contribution is 5.86. The molecule has 0 fully saturated rings. The zero-order valence-corrected chi connectivity index (χ0v) is 11.2. The number of fused-ring (bicyclic) bond motifs is 1. The van der Waals surface area contributed by atoms with Gasteiger partial charge in [0.05, 0.1) is 6.10 Å². The molecule has 1 aromatic carbocycles. The number of hydrogen-bond acceptors (Lipinski definition) is 2. The second-order valence-electron chi connectivity index (χ2n) is 4.87. The molecule has 1 aromatic rings. The molecule has 0 saturated heterocycles. The first-order chi connectivity index (χ1) is 9.29.